The van der Waals surface area contributed by atoms with Gasteiger partial charge in [0.05, 0.1) is 5.69 Å². The summed E-state index contributed by atoms with van der Waals surface area (Å²) >= 11 is -2.81. The number of carboxylic acids is 1. The molecule has 1 aromatic heterocycles. The third-order valence-electron chi connectivity index (χ3n) is 5.57. The Morgan fingerprint density at radius 1 is 0.971 bits per heavy atom. The number of carbonyl (C=O) groups excluding carboxylic acids is 1. The minimum absolute atomic E-state index is 0.0788. The molecule has 4 rings (SSSR count). The molecule has 0 aliphatic heterocycles. The van der Waals surface area contributed by atoms with Crippen LogP contribution in [0.1, 0.15) is 19.3 Å². The van der Waals surface area contributed by atoms with Gasteiger partial charge in [0, 0.05) is 34.3 Å². The van der Waals surface area contributed by atoms with Crippen molar-refractivity contribution in [1.82, 2.24) is 5.32 Å². The molecule has 2 unspecified atom stereocenters. The number of fused-ring (bicyclic) bond motifs is 3. The zero-order valence-corrected chi connectivity index (χ0v) is 19.5. The molecule has 3 aromatic carbocycles. The third-order valence-corrected chi connectivity index (χ3v) is 6.35. The van der Waals surface area contributed by atoms with Crippen LogP contribution in [0.5, 0.6) is 0 Å². The van der Waals surface area contributed by atoms with E-state index in [-0.39, 0.29) is 18.1 Å². The Bertz CT molecular complexity index is 1360. The summed E-state index contributed by atoms with van der Waals surface area (Å²) in [6.07, 6.45) is 0.958. The predicted molar refractivity (Wildman–Crippen MR) is 134 cm³/mol. The highest BCUT2D eigenvalue weighted by molar-refractivity contribution is 7.80. The van der Waals surface area contributed by atoms with E-state index in [1.165, 1.54) is 6.07 Å². The van der Waals surface area contributed by atoms with E-state index in [1.54, 1.807) is 36.4 Å². The normalized spacial score (nSPS) is 12.8. The van der Waals surface area contributed by atoms with Crippen molar-refractivity contribution in [2.45, 2.75) is 25.3 Å². The summed E-state index contributed by atoms with van der Waals surface area (Å²) < 4.78 is 30.9. The standard InChI is InChI=1S/C25H25N3O6S/c29-24(30)21(11-6-7-15-26-25(31)27-17-8-2-1-3-9-17)28(35(32)33)18-13-14-23-20(16-18)19-10-4-5-12-22(19)34-23/h1-5,8-10,12-14,16,21H,6-7,11,15H2,(H,29,30)(H,32,33)(H2,26,27,31)/p-1. The van der Waals surface area contributed by atoms with Crippen molar-refractivity contribution in [3.63, 3.8) is 0 Å². The maximum Gasteiger partial charge on any atom is 0.327 e. The molecule has 0 spiro atoms. The van der Waals surface area contributed by atoms with Crippen molar-refractivity contribution in [3.05, 3.63) is 72.8 Å². The van der Waals surface area contributed by atoms with Gasteiger partial charge in [0.25, 0.3) is 0 Å². The van der Waals surface area contributed by atoms with E-state index in [9.17, 15) is 23.5 Å². The summed E-state index contributed by atoms with van der Waals surface area (Å²) in [7, 11) is 0. The second-order valence-electron chi connectivity index (χ2n) is 7.92. The van der Waals surface area contributed by atoms with Gasteiger partial charge in [-0.1, -0.05) is 36.4 Å². The topological polar surface area (TPSA) is 135 Å². The second-order valence-corrected chi connectivity index (χ2v) is 8.75. The Hall–Kier alpha value is -3.89. The van der Waals surface area contributed by atoms with Crippen LogP contribution in [-0.2, 0) is 16.1 Å². The van der Waals surface area contributed by atoms with E-state index in [0.29, 0.717) is 41.6 Å². The smallest absolute Gasteiger partial charge is 0.327 e. The van der Waals surface area contributed by atoms with Crippen molar-refractivity contribution >= 4 is 56.6 Å². The molecule has 0 fully saturated rings. The molecule has 0 saturated heterocycles. The average molecular weight is 495 g/mol. The fraction of sp³-hybridized carbons (Fsp3) is 0.200. The van der Waals surface area contributed by atoms with Gasteiger partial charge in [-0.3, -0.25) is 8.51 Å². The number of furan rings is 1. The number of para-hydroxylation sites is 2. The van der Waals surface area contributed by atoms with E-state index >= 15 is 0 Å². The largest absolute Gasteiger partial charge is 0.755 e. The van der Waals surface area contributed by atoms with Crippen molar-refractivity contribution in [2.75, 3.05) is 16.2 Å². The maximum absolute atomic E-state index is 12.1. The lowest BCUT2D eigenvalue weighted by molar-refractivity contribution is -0.138. The molecule has 4 aromatic rings. The van der Waals surface area contributed by atoms with Gasteiger partial charge in [-0.2, -0.15) is 0 Å². The number of carbonyl (C=O) groups is 2. The molecule has 0 aliphatic rings. The van der Waals surface area contributed by atoms with Crippen LogP contribution in [0.4, 0.5) is 16.2 Å². The van der Waals surface area contributed by atoms with Crippen LogP contribution < -0.4 is 14.9 Å². The van der Waals surface area contributed by atoms with Gasteiger partial charge in [0.2, 0.25) is 0 Å². The highest BCUT2D eigenvalue weighted by Gasteiger charge is 2.27. The monoisotopic (exact) mass is 494 g/mol. The lowest BCUT2D eigenvalue weighted by Gasteiger charge is -2.32. The van der Waals surface area contributed by atoms with Crippen LogP contribution in [-0.4, -0.2) is 38.5 Å². The Labute approximate surface area is 204 Å². The number of unbranched alkanes of at least 4 members (excludes halogenated alkanes) is 1. The number of hydrogen-bond donors (Lipinski definition) is 3. The second kappa shape index (κ2) is 11.0. The number of benzene rings is 3. The molecule has 0 bridgehead atoms. The number of amides is 2. The molecule has 9 nitrogen and oxygen atoms in total. The van der Waals surface area contributed by atoms with Gasteiger partial charge in [0.1, 0.15) is 17.2 Å². The van der Waals surface area contributed by atoms with Crippen LogP contribution in [0.3, 0.4) is 0 Å². The van der Waals surface area contributed by atoms with Crippen LogP contribution in [0.25, 0.3) is 21.9 Å². The lowest BCUT2D eigenvalue weighted by atomic mass is 10.1. The number of nitrogens with one attached hydrogen (secondary N) is 2. The molecular weight excluding hydrogens is 470 g/mol. The first kappa shape index (κ1) is 24.2. The number of hydrogen-bond acceptors (Lipinski definition) is 5. The molecule has 2 amide bonds. The maximum atomic E-state index is 12.1. The van der Waals surface area contributed by atoms with E-state index in [2.05, 4.69) is 10.6 Å². The zero-order chi connectivity index (χ0) is 24.8. The zero-order valence-electron chi connectivity index (χ0n) is 18.7. The Kier molecular flexibility index (Phi) is 7.64. The quantitative estimate of drug-likeness (QED) is 0.217. The van der Waals surface area contributed by atoms with E-state index < -0.39 is 23.3 Å². The highest BCUT2D eigenvalue weighted by Crippen LogP contribution is 2.33. The van der Waals surface area contributed by atoms with E-state index in [0.717, 1.165) is 9.69 Å². The molecular formula is C25H24N3O6S-. The number of urea groups is 1. The molecule has 0 aliphatic carbocycles. The number of rotatable bonds is 10. The molecule has 35 heavy (non-hydrogen) atoms. The Balaban J connectivity index is 1.41. The molecule has 1 heterocycles. The number of aliphatic carboxylic acids is 1. The van der Waals surface area contributed by atoms with Gasteiger partial charge in [-0.15, -0.1) is 0 Å². The van der Waals surface area contributed by atoms with Gasteiger partial charge in [0.15, 0.2) is 0 Å². The van der Waals surface area contributed by atoms with Gasteiger partial charge in [-0.05, 0) is 55.7 Å². The van der Waals surface area contributed by atoms with Crippen molar-refractivity contribution in [1.29, 1.82) is 0 Å². The predicted octanol–water partition coefficient (Wildman–Crippen LogP) is 4.63. The number of carboxylic acid groups (broad SMARTS) is 1. The van der Waals surface area contributed by atoms with E-state index in [4.69, 9.17) is 4.42 Å². The minimum atomic E-state index is -2.81. The summed E-state index contributed by atoms with van der Waals surface area (Å²) in [5.41, 5.74) is 2.14. The third kappa shape index (κ3) is 5.79. The Morgan fingerprint density at radius 3 is 2.43 bits per heavy atom. The number of anilines is 2. The highest BCUT2D eigenvalue weighted by atomic mass is 32.2. The SMILES string of the molecule is O=C(NCCCCC(C(=O)O)N(c1ccc2oc3ccccc3c2c1)S(=O)[O-])Nc1ccccc1. The molecule has 10 heteroatoms. The van der Waals surface area contributed by atoms with Gasteiger partial charge >= 0.3 is 12.0 Å². The van der Waals surface area contributed by atoms with Crippen LogP contribution in [0.15, 0.2) is 77.2 Å². The summed E-state index contributed by atoms with van der Waals surface area (Å²) in [6.45, 7) is 0.318. The first-order chi connectivity index (χ1) is 16.9. The lowest BCUT2D eigenvalue weighted by Crippen LogP contribution is -2.42. The molecule has 0 saturated carbocycles. The summed E-state index contributed by atoms with van der Waals surface area (Å²) in [5, 5.41) is 16.7. The fourth-order valence-electron chi connectivity index (χ4n) is 3.92. The van der Waals surface area contributed by atoms with Crippen LogP contribution in [0, 0.1) is 0 Å². The first-order valence-corrected chi connectivity index (χ1v) is 12.1. The molecule has 2 atom stereocenters. The van der Waals surface area contributed by atoms with Crippen molar-refractivity contribution in [3.8, 4) is 0 Å². The van der Waals surface area contributed by atoms with Crippen molar-refractivity contribution < 1.29 is 27.9 Å². The van der Waals surface area contributed by atoms with Crippen molar-refractivity contribution in [2.24, 2.45) is 0 Å². The van der Waals surface area contributed by atoms with E-state index in [1.807, 2.05) is 30.3 Å². The van der Waals surface area contributed by atoms with Crippen LogP contribution >= 0.6 is 0 Å². The Morgan fingerprint density at radius 2 is 1.69 bits per heavy atom. The molecule has 3 N–H and O–H groups in total. The molecule has 0 radical (unpaired) electrons. The minimum Gasteiger partial charge on any atom is -0.755 e. The number of nitrogens with zero attached hydrogens (tertiary/aromatic N) is 1. The summed E-state index contributed by atoms with van der Waals surface area (Å²) in [6, 6.07) is 19.5. The first-order valence-electron chi connectivity index (χ1n) is 11.1. The molecule has 182 valence electrons. The van der Waals surface area contributed by atoms with Crippen LogP contribution in [0.2, 0.25) is 0 Å². The average Bonchev–Trinajstić information content (AvgIpc) is 3.21. The summed E-state index contributed by atoms with van der Waals surface area (Å²) in [5.74, 6) is -1.25. The van der Waals surface area contributed by atoms with Gasteiger partial charge in [-0.25, -0.2) is 9.59 Å². The summed E-state index contributed by atoms with van der Waals surface area (Å²) in [4.78, 5) is 24.0. The fourth-order valence-corrected chi connectivity index (χ4v) is 4.61. The van der Waals surface area contributed by atoms with Gasteiger partial charge < -0.3 is 24.7 Å².